The van der Waals surface area contributed by atoms with Crippen LogP contribution in [0, 0.1) is 0 Å². The molecule has 0 bridgehead atoms. The number of hydrogen-bond donors (Lipinski definition) is 0. The Labute approximate surface area is 94.7 Å². The van der Waals surface area contributed by atoms with Gasteiger partial charge in [0.2, 0.25) is 0 Å². The van der Waals surface area contributed by atoms with Crippen molar-refractivity contribution >= 4 is 23.2 Å². The maximum absolute atomic E-state index is 5.91. The van der Waals surface area contributed by atoms with Crippen LogP contribution in [0.5, 0.6) is 0 Å². The van der Waals surface area contributed by atoms with Crippen molar-refractivity contribution < 1.29 is 0 Å². The van der Waals surface area contributed by atoms with Crippen LogP contribution >= 0.6 is 23.2 Å². The first-order valence-electron chi connectivity index (χ1n) is 4.50. The number of hydrogen-bond acceptors (Lipinski definition) is 2. The predicted molar refractivity (Wildman–Crippen MR) is 60.0 cm³/mol. The van der Waals surface area contributed by atoms with Gasteiger partial charge in [0.25, 0.3) is 0 Å². The lowest BCUT2D eigenvalue weighted by molar-refractivity contribution is 0.562. The van der Waals surface area contributed by atoms with Crippen LogP contribution < -0.4 is 0 Å². The van der Waals surface area contributed by atoms with Crippen LogP contribution in [0.1, 0.15) is 44.6 Å². The van der Waals surface area contributed by atoms with Crippen LogP contribution in [0.3, 0.4) is 0 Å². The van der Waals surface area contributed by atoms with Gasteiger partial charge in [0.1, 0.15) is 11.0 Å². The van der Waals surface area contributed by atoms with Gasteiger partial charge in [-0.1, -0.05) is 32.4 Å². The molecule has 0 fully saturated rings. The van der Waals surface area contributed by atoms with E-state index >= 15 is 0 Å². The Bertz CT molecular complexity index is 329. The van der Waals surface area contributed by atoms with E-state index in [2.05, 4.69) is 30.7 Å². The summed E-state index contributed by atoms with van der Waals surface area (Å²) < 4.78 is 0. The van der Waals surface area contributed by atoms with E-state index in [4.69, 9.17) is 23.2 Å². The molecule has 1 atom stereocenters. The van der Waals surface area contributed by atoms with E-state index in [1.54, 1.807) is 6.07 Å². The maximum atomic E-state index is 5.91. The molecule has 4 heteroatoms. The third kappa shape index (κ3) is 2.82. The lowest BCUT2D eigenvalue weighted by atomic mass is 9.92. The second kappa shape index (κ2) is 4.03. The summed E-state index contributed by atoms with van der Waals surface area (Å²) >= 11 is 11.8. The summed E-state index contributed by atoms with van der Waals surface area (Å²) in [5.41, 5.74) is 0.882. The van der Waals surface area contributed by atoms with Gasteiger partial charge in [0.15, 0.2) is 0 Å². The fourth-order valence-electron chi connectivity index (χ4n) is 0.997. The Morgan fingerprint density at radius 1 is 1.29 bits per heavy atom. The normalized spacial score (nSPS) is 14.1. The Morgan fingerprint density at radius 3 is 2.29 bits per heavy atom. The molecule has 1 heterocycles. The molecule has 1 aromatic heterocycles. The smallest absolute Gasteiger partial charge is 0.147 e. The van der Waals surface area contributed by atoms with Crippen LogP contribution in [0.2, 0.25) is 5.15 Å². The van der Waals surface area contributed by atoms with E-state index < -0.39 is 0 Å². The maximum Gasteiger partial charge on any atom is 0.147 e. The van der Waals surface area contributed by atoms with Gasteiger partial charge in [-0.05, 0) is 13.0 Å². The highest BCUT2D eigenvalue weighted by atomic mass is 35.5. The zero-order valence-corrected chi connectivity index (χ0v) is 10.3. The van der Waals surface area contributed by atoms with Crippen LogP contribution in [0.15, 0.2) is 6.07 Å². The van der Waals surface area contributed by atoms with Crippen molar-refractivity contribution in [1.82, 2.24) is 9.97 Å². The molecular formula is C10H14Cl2N2. The predicted octanol–water partition coefficient (Wildman–Crippen LogP) is 3.73. The average Bonchev–Trinajstić information content (AvgIpc) is 2.01. The molecule has 1 rings (SSSR count). The minimum Gasteiger partial charge on any atom is -0.236 e. The van der Waals surface area contributed by atoms with Crippen LogP contribution in [-0.4, -0.2) is 9.97 Å². The highest BCUT2D eigenvalue weighted by molar-refractivity contribution is 6.29. The summed E-state index contributed by atoms with van der Waals surface area (Å²) in [7, 11) is 0. The number of rotatable bonds is 1. The standard InChI is InChI=1S/C10H14Cl2N2/c1-6(11)9-13-7(10(2,3)4)5-8(12)14-9/h5-6H,1-4H3/t6-/m0/s1. The Balaban J connectivity index is 3.21. The Morgan fingerprint density at radius 2 is 1.86 bits per heavy atom. The van der Waals surface area contributed by atoms with Crippen LogP contribution in [0.4, 0.5) is 0 Å². The van der Waals surface area contributed by atoms with Crippen molar-refractivity contribution in [3.05, 3.63) is 22.7 Å². The first-order chi connectivity index (χ1) is 6.30. The second-order valence-electron chi connectivity index (χ2n) is 4.30. The molecule has 0 radical (unpaired) electrons. The summed E-state index contributed by atoms with van der Waals surface area (Å²) in [6, 6.07) is 1.78. The van der Waals surface area contributed by atoms with E-state index in [0.29, 0.717) is 11.0 Å². The molecule has 0 N–H and O–H groups in total. The monoisotopic (exact) mass is 232 g/mol. The summed E-state index contributed by atoms with van der Waals surface area (Å²) in [4.78, 5) is 8.45. The number of aromatic nitrogens is 2. The van der Waals surface area contributed by atoms with Crippen molar-refractivity contribution in [3.8, 4) is 0 Å². The van der Waals surface area contributed by atoms with Crippen molar-refractivity contribution in [3.63, 3.8) is 0 Å². The molecule has 0 aliphatic rings. The van der Waals surface area contributed by atoms with Gasteiger partial charge >= 0.3 is 0 Å². The zero-order valence-electron chi connectivity index (χ0n) is 8.81. The van der Waals surface area contributed by atoms with E-state index in [-0.39, 0.29) is 10.8 Å². The van der Waals surface area contributed by atoms with Crippen molar-refractivity contribution in [2.75, 3.05) is 0 Å². The van der Waals surface area contributed by atoms with Crippen LogP contribution in [-0.2, 0) is 5.41 Å². The fraction of sp³-hybridized carbons (Fsp3) is 0.600. The molecule has 2 nitrogen and oxygen atoms in total. The molecule has 0 amide bonds. The largest absolute Gasteiger partial charge is 0.236 e. The molecule has 0 aromatic carbocycles. The molecule has 0 aliphatic carbocycles. The number of alkyl halides is 1. The van der Waals surface area contributed by atoms with E-state index in [0.717, 1.165) is 5.69 Å². The van der Waals surface area contributed by atoms with Crippen LogP contribution in [0.25, 0.3) is 0 Å². The lowest BCUT2D eigenvalue weighted by Crippen LogP contribution is -2.15. The molecular weight excluding hydrogens is 219 g/mol. The zero-order chi connectivity index (χ0) is 10.9. The van der Waals surface area contributed by atoms with Gasteiger partial charge in [0, 0.05) is 5.41 Å². The third-order valence-electron chi connectivity index (χ3n) is 1.84. The lowest BCUT2D eigenvalue weighted by Gasteiger charge is -2.18. The van der Waals surface area contributed by atoms with Gasteiger partial charge in [0.05, 0.1) is 11.1 Å². The second-order valence-corrected chi connectivity index (χ2v) is 5.34. The molecule has 0 spiro atoms. The first-order valence-corrected chi connectivity index (χ1v) is 5.31. The summed E-state index contributed by atoms with van der Waals surface area (Å²) in [6.07, 6.45) is 0. The quantitative estimate of drug-likeness (QED) is 0.545. The van der Waals surface area contributed by atoms with Crippen molar-refractivity contribution in [1.29, 1.82) is 0 Å². The summed E-state index contributed by atoms with van der Waals surface area (Å²) in [6.45, 7) is 8.07. The minimum absolute atomic E-state index is 0.0346. The van der Waals surface area contributed by atoms with E-state index in [1.165, 1.54) is 0 Å². The molecule has 0 aliphatic heterocycles. The van der Waals surface area contributed by atoms with Gasteiger partial charge in [-0.3, -0.25) is 0 Å². The number of nitrogens with zero attached hydrogens (tertiary/aromatic N) is 2. The minimum atomic E-state index is -0.213. The van der Waals surface area contributed by atoms with E-state index in [1.807, 2.05) is 6.92 Å². The van der Waals surface area contributed by atoms with Gasteiger partial charge in [-0.25, -0.2) is 9.97 Å². The van der Waals surface area contributed by atoms with Crippen molar-refractivity contribution in [2.24, 2.45) is 0 Å². The molecule has 1 aromatic rings. The van der Waals surface area contributed by atoms with Gasteiger partial charge in [-0.2, -0.15) is 0 Å². The Kier molecular flexibility index (Phi) is 3.38. The average molecular weight is 233 g/mol. The highest BCUT2D eigenvalue weighted by Crippen LogP contribution is 2.25. The van der Waals surface area contributed by atoms with Crippen molar-refractivity contribution in [2.45, 2.75) is 38.5 Å². The SMILES string of the molecule is C[C@H](Cl)c1nc(Cl)cc(C(C)(C)C)n1. The third-order valence-corrected chi connectivity index (χ3v) is 2.23. The molecule has 78 valence electrons. The van der Waals surface area contributed by atoms with Gasteiger partial charge in [-0.15, -0.1) is 11.6 Å². The van der Waals surface area contributed by atoms with Gasteiger partial charge < -0.3 is 0 Å². The summed E-state index contributed by atoms with van der Waals surface area (Å²) in [5, 5.41) is 0.238. The molecule has 0 saturated heterocycles. The summed E-state index contributed by atoms with van der Waals surface area (Å²) in [5.74, 6) is 0.587. The fourth-order valence-corrected chi connectivity index (χ4v) is 1.28. The molecule has 14 heavy (non-hydrogen) atoms. The Hall–Kier alpha value is -0.340. The molecule has 0 unspecified atom stereocenters. The topological polar surface area (TPSA) is 25.8 Å². The molecule has 0 saturated carbocycles. The number of halogens is 2. The van der Waals surface area contributed by atoms with E-state index in [9.17, 15) is 0 Å². The highest BCUT2D eigenvalue weighted by Gasteiger charge is 2.18. The first kappa shape index (κ1) is 11.7.